The van der Waals surface area contributed by atoms with Crippen molar-refractivity contribution in [2.75, 3.05) is 13.1 Å². The van der Waals surface area contributed by atoms with E-state index in [0.29, 0.717) is 0 Å². The fraction of sp³-hybridized carbons (Fsp3) is 0.200. The molecule has 4 rings (SSSR count). The first-order valence-corrected chi connectivity index (χ1v) is 9.75. The van der Waals surface area contributed by atoms with E-state index in [-0.39, 0.29) is 0 Å². The first-order valence-electron chi connectivity index (χ1n) is 9.75. The smallest absolute Gasteiger partial charge is 0.0205 e. The second-order valence-electron chi connectivity index (χ2n) is 7.07. The second-order valence-corrected chi connectivity index (χ2v) is 7.07. The van der Waals surface area contributed by atoms with Crippen LogP contribution in [0.2, 0.25) is 0 Å². The molecule has 136 valence electrons. The summed E-state index contributed by atoms with van der Waals surface area (Å²) in [4.78, 5) is 0. The molecular formula is C25H26N2. The monoisotopic (exact) mass is 354 g/mol. The quantitative estimate of drug-likeness (QED) is 0.422. The summed E-state index contributed by atoms with van der Waals surface area (Å²) in [5.74, 6) is 0. The zero-order valence-electron chi connectivity index (χ0n) is 15.6. The van der Waals surface area contributed by atoms with Crippen LogP contribution < -0.4 is 10.6 Å². The summed E-state index contributed by atoms with van der Waals surface area (Å²) in [7, 11) is 0. The first-order chi connectivity index (χ1) is 13.4. The van der Waals surface area contributed by atoms with Gasteiger partial charge < -0.3 is 10.6 Å². The van der Waals surface area contributed by atoms with Crippen molar-refractivity contribution in [2.45, 2.75) is 19.5 Å². The summed E-state index contributed by atoms with van der Waals surface area (Å²) < 4.78 is 0. The zero-order valence-corrected chi connectivity index (χ0v) is 15.6. The third-order valence-electron chi connectivity index (χ3n) is 4.99. The van der Waals surface area contributed by atoms with Gasteiger partial charge >= 0.3 is 0 Å². The topological polar surface area (TPSA) is 24.1 Å². The number of benzene rings is 4. The molecular weight excluding hydrogens is 328 g/mol. The van der Waals surface area contributed by atoms with Crippen LogP contribution in [0, 0.1) is 0 Å². The lowest BCUT2D eigenvalue weighted by Crippen LogP contribution is -2.21. The van der Waals surface area contributed by atoms with Crippen molar-refractivity contribution < 1.29 is 0 Å². The molecule has 0 aliphatic heterocycles. The summed E-state index contributed by atoms with van der Waals surface area (Å²) in [6, 6.07) is 30.4. The molecule has 0 saturated heterocycles. The van der Waals surface area contributed by atoms with Crippen LogP contribution in [0.1, 0.15) is 17.5 Å². The minimum absolute atomic E-state index is 0.926. The molecule has 0 amide bonds. The van der Waals surface area contributed by atoms with Crippen LogP contribution in [0.25, 0.3) is 21.5 Å². The highest BCUT2D eigenvalue weighted by Gasteiger charge is 1.98. The molecule has 0 aliphatic carbocycles. The van der Waals surface area contributed by atoms with Gasteiger partial charge in [0.25, 0.3) is 0 Å². The Morgan fingerprint density at radius 1 is 0.481 bits per heavy atom. The molecule has 0 heterocycles. The molecule has 0 spiro atoms. The highest BCUT2D eigenvalue weighted by molar-refractivity contribution is 5.83. The van der Waals surface area contributed by atoms with Crippen LogP contribution in [-0.4, -0.2) is 13.1 Å². The molecule has 0 aliphatic rings. The highest BCUT2D eigenvalue weighted by atomic mass is 14.9. The fourth-order valence-electron chi connectivity index (χ4n) is 3.50. The third-order valence-corrected chi connectivity index (χ3v) is 4.99. The fourth-order valence-corrected chi connectivity index (χ4v) is 3.50. The minimum Gasteiger partial charge on any atom is -0.313 e. The molecule has 0 atom stereocenters. The summed E-state index contributed by atoms with van der Waals surface area (Å²) in [6.45, 7) is 3.90. The Bertz CT molecular complexity index is 939. The zero-order chi connectivity index (χ0) is 18.3. The van der Waals surface area contributed by atoms with Crippen LogP contribution in [0.3, 0.4) is 0 Å². The molecule has 4 aromatic rings. The lowest BCUT2D eigenvalue weighted by Gasteiger charge is -2.08. The van der Waals surface area contributed by atoms with E-state index in [1.165, 1.54) is 32.7 Å². The van der Waals surface area contributed by atoms with E-state index in [2.05, 4.69) is 95.6 Å². The Labute approximate surface area is 161 Å². The maximum Gasteiger partial charge on any atom is 0.0205 e. The van der Waals surface area contributed by atoms with E-state index in [1.807, 2.05) is 0 Å². The van der Waals surface area contributed by atoms with Crippen LogP contribution in [0.15, 0.2) is 84.9 Å². The summed E-state index contributed by atoms with van der Waals surface area (Å²) in [5, 5.41) is 12.3. The van der Waals surface area contributed by atoms with Crippen molar-refractivity contribution in [3.8, 4) is 0 Å². The van der Waals surface area contributed by atoms with Crippen LogP contribution in [0.4, 0.5) is 0 Å². The maximum atomic E-state index is 3.55. The standard InChI is InChI=1S/C25H26N2/c1-3-8-24-16-20(10-12-22(24)6-1)18-26-14-5-15-27-19-21-11-13-23-7-2-4-9-25(23)17-21/h1-4,6-13,16-17,26-27H,5,14-15,18-19H2. The van der Waals surface area contributed by atoms with Gasteiger partial charge in [-0.05, 0) is 64.3 Å². The van der Waals surface area contributed by atoms with E-state index in [4.69, 9.17) is 0 Å². The Morgan fingerprint density at radius 3 is 1.41 bits per heavy atom. The van der Waals surface area contributed by atoms with Gasteiger partial charge in [0, 0.05) is 13.1 Å². The third kappa shape index (κ3) is 4.73. The summed E-state index contributed by atoms with van der Waals surface area (Å²) in [6.07, 6.45) is 1.13. The highest BCUT2D eigenvalue weighted by Crippen LogP contribution is 2.16. The normalized spacial score (nSPS) is 11.3. The van der Waals surface area contributed by atoms with Gasteiger partial charge in [-0.15, -0.1) is 0 Å². The van der Waals surface area contributed by atoms with E-state index < -0.39 is 0 Å². The molecule has 0 fully saturated rings. The molecule has 0 saturated carbocycles. The number of rotatable bonds is 8. The molecule has 0 bridgehead atoms. The Kier molecular flexibility index (Phi) is 5.78. The molecule has 2 N–H and O–H groups in total. The van der Waals surface area contributed by atoms with Gasteiger partial charge in [-0.2, -0.15) is 0 Å². The van der Waals surface area contributed by atoms with Crippen molar-refractivity contribution in [1.29, 1.82) is 0 Å². The van der Waals surface area contributed by atoms with Crippen molar-refractivity contribution in [1.82, 2.24) is 10.6 Å². The predicted molar refractivity (Wildman–Crippen MR) is 116 cm³/mol. The Balaban J connectivity index is 1.16. The SMILES string of the molecule is c1ccc2cc(CNCCCNCc3ccc4ccccc4c3)ccc2c1. The largest absolute Gasteiger partial charge is 0.313 e. The van der Waals surface area contributed by atoms with E-state index in [1.54, 1.807) is 0 Å². The lowest BCUT2D eigenvalue weighted by molar-refractivity contribution is 0.595. The maximum absolute atomic E-state index is 3.55. The summed E-state index contributed by atoms with van der Waals surface area (Å²) >= 11 is 0. The molecule has 0 unspecified atom stereocenters. The number of hydrogen-bond donors (Lipinski definition) is 2. The van der Waals surface area contributed by atoms with Gasteiger partial charge in [0.2, 0.25) is 0 Å². The second kappa shape index (κ2) is 8.81. The van der Waals surface area contributed by atoms with Gasteiger partial charge in [0.05, 0.1) is 0 Å². The molecule has 0 aromatic heterocycles. The molecule has 0 radical (unpaired) electrons. The Hall–Kier alpha value is -2.68. The lowest BCUT2D eigenvalue weighted by atomic mass is 10.1. The van der Waals surface area contributed by atoms with Crippen molar-refractivity contribution in [2.24, 2.45) is 0 Å². The summed E-state index contributed by atoms with van der Waals surface area (Å²) in [5.41, 5.74) is 2.69. The minimum atomic E-state index is 0.926. The van der Waals surface area contributed by atoms with Gasteiger partial charge in [-0.1, -0.05) is 72.8 Å². The van der Waals surface area contributed by atoms with E-state index >= 15 is 0 Å². The average Bonchev–Trinajstić information content (AvgIpc) is 2.73. The van der Waals surface area contributed by atoms with Crippen molar-refractivity contribution in [3.63, 3.8) is 0 Å². The molecule has 4 aromatic carbocycles. The van der Waals surface area contributed by atoms with Gasteiger partial charge in [0.1, 0.15) is 0 Å². The molecule has 2 heteroatoms. The van der Waals surface area contributed by atoms with Gasteiger partial charge in [-0.3, -0.25) is 0 Å². The predicted octanol–water partition coefficient (Wildman–Crippen LogP) is 5.26. The average molecular weight is 354 g/mol. The van der Waals surface area contributed by atoms with Crippen molar-refractivity contribution >= 4 is 21.5 Å². The Morgan fingerprint density at radius 2 is 0.926 bits per heavy atom. The number of fused-ring (bicyclic) bond motifs is 2. The van der Waals surface area contributed by atoms with Crippen LogP contribution in [0.5, 0.6) is 0 Å². The molecule has 27 heavy (non-hydrogen) atoms. The van der Waals surface area contributed by atoms with Crippen LogP contribution in [-0.2, 0) is 13.1 Å². The van der Waals surface area contributed by atoms with Gasteiger partial charge in [-0.25, -0.2) is 0 Å². The first kappa shape index (κ1) is 17.7. The van der Waals surface area contributed by atoms with E-state index in [9.17, 15) is 0 Å². The van der Waals surface area contributed by atoms with Crippen molar-refractivity contribution in [3.05, 3.63) is 96.1 Å². The number of hydrogen-bond acceptors (Lipinski definition) is 2. The van der Waals surface area contributed by atoms with Crippen LogP contribution >= 0.6 is 0 Å². The molecule has 2 nitrogen and oxygen atoms in total. The van der Waals surface area contributed by atoms with E-state index in [0.717, 1.165) is 32.6 Å². The van der Waals surface area contributed by atoms with Gasteiger partial charge in [0.15, 0.2) is 0 Å². The number of nitrogens with one attached hydrogen (secondary N) is 2.